The van der Waals surface area contributed by atoms with E-state index >= 15 is 0 Å². The molecule has 18 heavy (non-hydrogen) atoms. The molecular formula is C16H32N2. The van der Waals surface area contributed by atoms with E-state index in [1.54, 1.807) is 0 Å². The Bertz CT molecular complexity index is 243. The molecule has 2 aliphatic rings. The van der Waals surface area contributed by atoms with Gasteiger partial charge in [0.15, 0.2) is 0 Å². The molecular weight excluding hydrogens is 220 g/mol. The van der Waals surface area contributed by atoms with Crippen molar-refractivity contribution in [2.45, 2.75) is 52.4 Å². The first-order valence-corrected chi connectivity index (χ1v) is 8.00. The zero-order chi connectivity index (χ0) is 13.0. The Morgan fingerprint density at radius 2 is 2.00 bits per heavy atom. The minimum Gasteiger partial charge on any atom is -0.319 e. The van der Waals surface area contributed by atoms with Crippen molar-refractivity contribution < 1.29 is 0 Å². The molecule has 1 N–H and O–H groups in total. The van der Waals surface area contributed by atoms with E-state index in [4.69, 9.17) is 0 Å². The molecule has 1 heterocycles. The molecule has 1 unspecified atom stereocenters. The zero-order valence-corrected chi connectivity index (χ0v) is 12.7. The lowest BCUT2D eigenvalue weighted by atomic mass is 9.78. The van der Waals surface area contributed by atoms with Gasteiger partial charge in [-0.3, -0.25) is 0 Å². The van der Waals surface area contributed by atoms with Gasteiger partial charge in [-0.2, -0.15) is 0 Å². The third-order valence-electron chi connectivity index (χ3n) is 4.93. The Balaban J connectivity index is 1.86. The first-order chi connectivity index (χ1) is 8.63. The van der Waals surface area contributed by atoms with Crippen LogP contribution in [-0.4, -0.2) is 38.1 Å². The summed E-state index contributed by atoms with van der Waals surface area (Å²) in [6.07, 6.45) is 8.76. The highest BCUT2D eigenvalue weighted by Gasteiger charge is 2.37. The topological polar surface area (TPSA) is 15.3 Å². The first kappa shape index (κ1) is 14.3. The molecule has 0 radical (unpaired) electrons. The summed E-state index contributed by atoms with van der Waals surface area (Å²) in [7, 11) is 2.08. The summed E-state index contributed by atoms with van der Waals surface area (Å²) >= 11 is 0. The Hall–Kier alpha value is -0.0800. The van der Waals surface area contributed by atoms with Gasteiger partial charge < -0.3 is 10.2 Å². The molecule has 1 atom stereocenters. The number of hydrogen-bond donors (Lipinski definition) is 1. The third kappa shape index (κ3) is 3.71. The zero-order valence-electron chi connectivity index (χ0n) is 12.7. The fourth-order valence-electron chi connectivity index (χ4n) is 4.40. The van der Waals surface area contributed by atoms with Gasteiger partial charge in [-0.25, -0.2) is 0 Å². The van der Waals surface area contributed by atoms with Crippen LogP contribution in [0.15, 0.2) is 0 Å². The minimum absolute atomic E-state index is 0.669. The van der Waals surface area contributed by atoms with E-state index in [0.29, 0.717) is 5.41 Å². The number of likely N-dealkylation sites (tertiary alicyclic amines) is 1. The number of nitrogens with zero attached hydrogens (tertiary/aromatic N) is 1. The van der Waals surface area contributed by atoms with Crippen LogP contribution in [0.5, 0.6) is 0 Å². The lowest BCUT2D eigenvalue weighted by molar-refractivity contribution is 0.144. The van der Waals surface area contributed by atoms with Gasteiger partial charge in [0.1, 0.15) is 0 Å². The quantitative estimate of drug-likeness (QED) is 0.781. The van der Waals surface area contributed by atoms with Crippen LogP contribution in [0.4, 0.5) is 0 Å². The first-order valence-electron chi connectivity index (χ1n) is 8.00. The highest BCUT2D eigenvalue weighted by atomic mass is 15.2. The molecule has 0 aromatic heterocycles. The fourth-order valence-corrected chi connectivity index (χ4v) is 4.40. The molecule has 2 heteroatoms. The lowest BCUT2D eigenvalue weighted by Crippen LogP contribution is -2.36. The predicted octanol–water partition coefficient (Wildman–Crippen LogP) is 3.13. The Labute approximate surface area is 114 Å². The van der Waals surface area contributed by atoms with E-state index in [1.807, 2.05) is 0 Å². The summed E-state index contributed by atoms with van der Waals surface area (Å²) in [6, 6.07) is 0. The summed E-state index contributed by atoms with van der Waals surface area (Å²) < 4.78 is 0. The molecule has 0 aromatic carbocycles. The van der Waals surface area contributed by atoms with Gasteiger partial charge in [0.25, 0.3) is 0 Å². The molecule has 1 saturated heterocycles. The molecule has 0 spiro atoms. The van der Waals surface area contributed by atoms with Crippen molar-refractivity contribution in [3.63, 3.8) is 0 Å². The average Bonchev–Trinajstić information content (AvgIpc) is 2.89. The molecule has 1 saturated carbocycles. The largest absolute Gasteiger partial charge is 0.319 e. The molecule has 1 aliphatic heterocycles. The lowest BCUT2D eigenvalue weighted by Gasteiger charge is -2.35. The van der Waals surface area contributed by atoms with Crippen molar-refractivity contribution in [3.8, 4) is 0 Å². The van der Waals surface area contributed by atoms with Gasteiger partial charge in [-0.05, 0) is 63.1 Å². The molecule has 106 valence electrons. The molecule has 1 aliphatic carbocycles. The van der Waals surface area contributed by atoms with E-state index in [-0.39, 0.29) is 0 Å². The monoisotopic (exact) mass is 252 g/mol. The van der Waals surface area contributed by atoms with Crippen molar-refractivity contribution >= 4 is 0 Å². The van der Waals surface area contributed by atoms with Gasteiger partial charge in [0.05, 0.1) is 0 Å². The highest BCUT2D eigenvalue weighted by molar-refractivity contribution is 4.90. The van der Waals surface area contributed by atoms with Gasteiger partial charge in [-0.1, -0.05) is 26.7 Å². The second-order valence-corrected chi connectivity index (χ2v) is 7.25. The number of nitrogens with one attached hydrogen (secondary N) is 1. The smallest absolute Gasteiger partial charge is 0.00382 e. The molecule has 2 nitrogen and oxygen atoms in total. The maximum atomic E-state index is 3.34. The van der Waals surface area contributed by atoms with E-state index in [0.717, 1.165) is 11.8 Å². The highest BCUT2D eigenvalue weighted by Crippen LogP contribution is 2.44. The van der Waals surface area contributed by atoms with Crippen LogP contribution in [0.3, 0.4) is 0 Å². The minimum atomic E-state index is 0.669. The predicted molar refractivity (Wildman–Crippen MR) is 78.8 cm³/mol. The van der Waals surface area contributed by atoms with E-state index in [9.17, 15) is 0 Å². The van der Waals surface area contributed by atoms with E-state index in [2.05, 4.69) is 31.1 Å². The Morgan fingerprint density at radius 1 is 1.28 bits per heavy atom. The van der Waals surface area contributed by atoms with Crippen molar-refractivity contribution in [1.82, 2.24) is 10.2 Å². The Morgan fingerprint density at radius 3 is 2.61 bits per heavy atom. The van der Waals surface area contributed by atoms with Crippen LogP contribution >= 0.6 is 0 Å². The second-order valence-electron chi connectivity index (χ2n) is 7.25. The van der Waals surface area contributed by atoms with Crippen molar-refractivity contribution in [3.05, 3.63) is 0 Å². The normalized spacial score (nSPS) is 28.3. The number of rotatable bonds is 6. The maximum Gasteiger partial charge on any atom is 0.00382 e. The van der Waals surface area contributed by atoms with Gasteiger partial charge >= 0.3 is 0 Å². The third-order valence-corrected chi connectivity index (χ3v) is 4.93. The average molecular weight is 252 g/mol. The second kappa shape index (κ2) is 6.38. The van der Waals surface area contributed by atoms with Gasteiger partial charge in [0, 0.05) is 13.1 Å². The molecule has 2 rings (SSSR count). The van der Waals surface area contributed by atoms with Crippen LogP contribution < -0.4 is 5.32 Å². The fraction of sp³-hybridized carbons (Fsp3) is 1.00. The number of hydrogen-bond acceptors (Lipinski definition) is 2. The van der Waals surface area contributed by atoms with Crippen LogP contribution in [0.25, 0.3) is 0 Å². The Kier molecular flexibility index (Phi) is 5.08. The summed E-state index contributed by atoms with van der Waals surface area (Å²) in [5.41, 5.74) is 0.669. The van der Waals surface area contributed by atoms with Crippen LogP contribution in [0.2, 0.25) is 0 Å². The summed E-state index contributed by atoms with van der Waals surface area (Å²) in [5.74, 6) is 1.76. The summed E-state index contributed by atoms with van der Waals surface area (Å²) in [5, 5.41) is 3.34. The van der Waals surface area contributed by atoms with E-state index in [1.165, 1.54) is 64.7 Å². The van der Waals surface area contributed by atoms with Crippen LogP contribution in [0, 0.1) is 17.3 Å². The SMILES string of the molecule is CNCC1CCN(CC2(CC(C)C)CCCC2)C1. The van der Waals surface area contributed by atoms with Crippen LogP contribution in [-0.2, 0) is 0 Å². The maximum absolute atomic E-state index is 3.34. The van der Waals surface area contributed by atoms with Crippen molar-refractivity contribution in [2.75, 3.05) is 33.2 Å². The summed E-state index contributed by atoms with van der Waals surface area (Å²) in [6.45, 7) is 10.0. The van der Waals surface area contributed by atoms with Gasteiger partial charge in [-0.15, -0.1) is 0 Å². The summed E-state index contributed by atoms with van der Waals surface area (Å²) in [4.78, 5) is 2.76. The molecule has 0 aromatic rings. The van der Waals surface area contributed by atoms with Crippen molar-refractivity contribution in [1.29, 1.82) is 0 Å². The van der Waals surface area contributed by atoms with E-state index < -0.39 is 0 Å². The van der Waals surface area contributed by atoms with Crippen LogP contribution in [0.1, 0.15) is 52.4 Å². The van der Waals surface area contributed by atoms with Gasteiger partial charge in [0.2, 0.25) is 0 Å². The van der Waals surface area contributed by atoms with Crippen molar-refractivity contribution in [2.24, 2.45) is 17.3 Å². The standard InChI is InChI=1S/C16H32N2/c1-14(2)10-16(7-4-5-8-16)13-18-9-6-15(12-18)11-17-3/h14-15,17H,4-13H2,1-3H3. The molecule has 0 amide bonds. The molecule has 2 fully saturated rings. The molecule has 0 bridgehead atoms.